The van der Waals surface area contributed by atoms with Crippen LogP contribution in [0.2, 0.25) is 0 Å². The molecule has 0 aliphatic rings. The van der Waals surface area contributed by atoms with E-state index in [1.807, 2.05) is 6.07 Å². The molecule has 5 N–H and O–H groups in total. The minimum Gasteiger partial charge on any atom is -0.445 e. The molecule has 2 aromatic carbocycles. The summed E-state index contributed by atoms with van der Waals surface area (Å²) < 4.78 is 18.4. The average Bonchev–Trinajstić information content (AvgIpc) is 2.77. The molecule has 0 heterocycles. The van der Waals surface area contributed by atoms with Crippen molar-refractivity contribution in [2.45, 2.75) is 31.6 Å². The minimum absolute atomic E-state index is 0.0328. The van der Waals surface area contributed by atoms with Gasteiger partial charge < -0.3 is 26.2 Å². The van der Waals surface area contributed by atoms with Gasteiger partial charge in [0.1, 0.15) is 12.6 Å². The van der Waals surface area contributed by atoms with Crippen molar-refractivity contribution in [1.29, 1.82) is 0 Å². The van der Waals surface area contributed by atoms with E-state index in [0.29, 0.717) is 0 Å². The second kappa shape index (κ2) is 12.1. The van der Waals surface area contributed by atoms with Gasteiger partial charge in [0.2, 0.25) is 17.6 Å². The number of primary amides is 1. The molecule has 0 unspecified atom stereocenters. The number of nitrogens with one attached hydrogen (secondary N) is 2. The molecule has 0 saturated carbocycles. The van der Waals surface area contributed by atoms with Gasteiger partial charge in [0.15, 0.2) is 0 Å². The number of carbonyl (C=O) groups is 3. The first kappa shape index (κ1) is 25.2. The third-order valence-electron chi connectivity index (χ3n) is 4.44. The largest absolute Gasteiger partial charge is 0.445 e. The van der Waals surface area contributed by atoms with Crippen molar-refractivity contribution < 1.29 is 33.5 Å². The lowest BCUT2D eigenvalue weighted by Crippen LogP contribution is -2.47. The smallest absolute Gasteiger partial charge is 0.407 e. The molecule has 12 heteroatoms. The van der Waals surface area contributed by atoms with Crippen molar-refractivity contribution in [3.63, 3.8) is 0 Å². The van der Waals surface area contributed by atoms with Crippen molar-refractivity contribution in [2.75, 3.05) is 6.54 Å². The van der Waals surface area contributed by atoms with Gasteiger partial charge in [0, 0.05) is 19.0 Å². The molecule has 0 fully saturated rings. The highest BCUT2D eigenvalue weighted by molar-refractivity contribution is 5.87. The number of benzene rings is 2. The third-order valence-corrected chi connectivity index (χ3v) is 4.44. The molecule has 0 bridgehead atoms. The molecule has 0 aliphatic carbocycles. The summed E-state index contributed by atoms with van der Waals surface area (Å²) in [5.41, 5.74) is 5.48. The van der Waals surface area contributed by atoms with E-state index in [9.17, 15) is 34.0 Å². The Balaban J connectivity index is 1.81. The van der Waals surface area contributed by atoms with Crippen molar-refractivity contribution in [3.8, 4) is 0 Å². The van der Waals surface area contributed by atoms with Crippen LogP contribution in [0.1, 0.15) is 17.5 Å². The quantitative estimate of drug-likeness (QED) is 0.284. The molecule has 0 saturated heterocycles. The monoisotopic (exact) mass is 462 g/mol. The number of aliphatic hydroxyl groups is 1. The summed E-state index contributed by atoms with van der Waals surface area (Å²) in [7, 11) is 0. The van der Waals surface area contributed by atoms with Gasteiger partial charge in [-0.05, 0) is 17.2 Å². The number of carbonyl (C=O) groups excluding carboxylic acids is 3. The molecule has 0 aliphatic heterocycles. The maximum atomic E-state index is 13.5. The molecular formula is C21H23FN4O7. The molecule has 176 valence electrons. The van der Waals surface area contributed by atoms with Crippen molar-refractivity contribution in [2.24, 2.45) is 5.73 Å². The minimum atomic E-state index is -1.28. The number of alkyl carbamates (subject to hydrolysis) is 1. The number of ether oxygens (including phenoxy) is 1. The number of halogens is 1. The lowest BCUT2D eigenvalue weighted by atomic mass is 10.0. The predicted molar refractivity (Wildman–Crippen MR) is 113 cm³/mol. The first-order valence-corrected chi connectivity index (χ1v) is 9.79. The highest BCUT2D eigenvalue weighted by atomic mass is 19.1. The highest BCUT2D eigenvalue weighted by Gasteiger charge is 2.23. The van der Waals surface area contributed by atoms with Gasteiger partial charge in [0.05, 0.1) is 17.4 Å². The lowest BCUT2D eigenvalue weighted by Gasteiger charge is -2.17. The first-order chi connectivity index (χ1) is 15.7. The number of nitro benzene ring substituents is 1. The predicted octanol–water partition coefficient (Wildman–Crippen LogP) is 0.924. The average molecular weight is 462 g/mol. The highest BCUT2D eigenvalue weighted by Crippen LogP contribution is 2.19. The Morgan fingerprint density at radius 3 is 2.48 bits per heavy atom. The standard InChI is InChI=1S/C21H23FN4O7/c22-16-7-6-14(9-18(16)26(31)32)8-17(20(23)29)25-19(28)10-15(27)11-24-21(30)33-12-13-4-2-1-3-5-13/h1-7,9,15,17,27H,8,10-12H2,(H2,23,29)(H,24,30)(H,25,28)/t15-,17+/m1/s1. The second-order valence-electron chi connectivity index (χ2n) is 7.07. The number of hydrogen-bond donors (Lipinski definition) is 4. The summed E-state index contributed by atoms with van der Waals surface area (Å²) in [6.45, 7) is -0.252. The molecule has 33 heavy (non-hydrogen) atoms. The summed E-state index contributed by atoms with van der Waals surface area (Å²) >= 11 is 0. The van der Waals surface area contributed by atoms with E-state index < -0.39 is 52.9 Å². The fraction of sp³-hybridized carbons (Fsp3) is 0.286. The topological polar surface area (TPSA) is 174 Å². The van der Waals surface area contributed by atoms with Crippen LogP contribution in [0.3, 0.4) is 0 Å². The molecule has 2 atom stereocenters. The van der Waals surface area contributed by atoms with Crippen molar-refractivity contribution in [3.05, 3.63) is 75.6 Å². The van der Waals surface area contributed by atoms with E-state index >= 15 is 0 Å². The Kier molecular flexibility index (Phi) is 9.24. The van der Waals surface area contributed by atoms with E-state index in [-0.39, 0.29) is 25.1 Å². The number of amides is 3. The SMILES string of the molecule is NC(=O)[C@H](Cc1ccc(F)c([N+](=O)[O-])c1)NC(=O)C[C@@H](O)CNC(=O)OCc1ccccc1. The summed E-state index contributed by atoms with van der Waals surface area (Å²) in [5, 5.41) is 25.4. The van der Waals surface area contributed by atoms with Gasteiger partial charge in [0.25, 0.3) is 0 Å². The molecular weight excluding hydrogens is 439 g/mol. The Morgan fingerprint density at radius 2 is 1.85 bits per heavy atom. The molecule has 0 aromatic heterocycles. The number of rotatable bonds is 11. The molecule has 11 nitrogen and oxygen atoms in total. The van der Waals surface area contributed by atoms with Gasteiger partial charge in [-0.25, -0.2) is 4.79 Å². The lowest BCUT2D eigenvalue weighted by molar-refractivity contribution is -0.387. The Morgan fingerprint density at radius 1 is 1.15 bits per heavy atom. The molecule has 2 rings (SSSR count). The van der Waals surface area contributed by atoms with Gasteiger partial charge in [-0.2, -0.15) is 4.39 Å². The van der Waals surface area contributed by atoms with Crippen LogP contribution in [0.4, 0.5) is 14.9 Å². The molecule has 0 spiro atoms. The van der Waals surface area contributed by atoms with E-state index in [2.05, 4.69) is 10.6 Å². The maximum Gasteiger partial charge on any atom is 0.407 e. The Labute approximate surface area is 187 Å². The van der Waals surface area contributed by atoms with E-state index in [1.165, 1.54) is 6.07 Å². The Hall–Kier alpha value is -4.06. The number of nitro groups is 1. The van der Waals surface area contributed by atoms with E-state index in [1.54, 1.807) is 24.3 Å². The number of hydrogen-bond acceptors (Lipinski definition) is 7. The van der Waals surface area contributed by atoms with Crippen LogP contribution >= 0.6 is 0 Å². The molecule has 2 aromatic rings. The number of aliphatic hydroxyl groups excluding tert-OH is 1. The van der Waals surface area contributed by atoms with Crippen LogP contribution in [0.15, 0.2) is 48.5 Å². The van der Waals surface area contributed by atoms with E-state index in [0.717, 1.165) is 17.7 Å². The van der Waals surface area contributed by atoms with Crippen molar-refractivity contribution >= 4 is 23.6 Å². The zero-order valence-corrected chi connectivity index (χ0v) is 17.4. The zero-order chi connectivity index (χ0) is 24.4. The van der Waals surface area contributed by atoms with Crippen LogP contribution < -0.4 is 16.4 Å². The normalized spacial score (nSPS) is 12.3. The van der Waals surface area contributed by atoms with Crippen LogP contribution in [-0.4, -0.2) is 46.6 Å². The summed E-state index contributed by atoms with van der Waals surface area (Å²) in [6, 6.07) is 10.7. The number of nitrogens with two attached hydrogens (primary N) is 1. The fourth-order valence-electron chi connectivity index (χ4n) is 2.80. The van der Waals surface area contributed by atoms with Gasteiger partial charge in [-0.15, -0.1) is 0 Å². The summed E-state index contributed by atoms with van der Waals surface area (Å²) in [6.07, 6.45) is -2.75. The van der Waals surface area contributed by atoms with Gasteiger partial charge in [-0.3, -0.25) is 19.7 Å². The molecule has 3 amide bonds. The summed E-state index contributed by atoms with van der Waals surface area (Å²) in [5.74, 6) is -2.71. The van der Waals surface area contributed by atoms with Crippen LogP contribution in [0, 0.1) is 15.9 Å². The van der Waals surface area contributed by atoms with Crippen LogP contribution in [0.5, 0.6) is 0 Å². The second-order valence-corrected chi connectivity index (χ2v) is 7.07. The Bertz CT molecular complexity index is 1000. The zero-order valence-electron chi connectivity index (χ0n) is 17.4. The van der Waals surface area contributed by atoms with E-state index in [4.69, 9.17) is 10.5 Å². The fourth-order valence-corrected chi connectivity index (χ4v) is 2.80. The third kappa shape index (κ3) is 8.53. The summed E-state index contributed by atoms with van der Waals surface area (Å²) in [4.78, 5) is 45.5. The van der Waals surface area contributed by atoms with Crippen molar-refractivity contribution in [1.82, 2.24) is 10.6 Å². The van der Waals surface area contributed by atoms with Crippen LogP contribution in [0.25, 0.3) is 0 Å². The first-order valence-electron chi connectivity index (χ1n) is 9.79. The number of nitrogens with zero attached hydrogens (tertiary/aromatic N) is 1. The molecule has 0 radical (unpaired) electrons. The van der Waals surface area contributed by atoms with Gasteiger partial charge in [-0.1, -0.05) is 36.4 Å². The maximum absolute atomic E-state index is 13.5. The van der Waals surface area contributed by atoms with Crippen LogP contribution in [-0.2, 0) is 27.4 Å². The van der Waals surface area contributed by atoms with Gasteiger partial charge >= 0.3 is 11.8 Å².